The number of nitrogens with two attached hydrogens (primary N) is 1. The van der Waals surface area contributed by atoms with Crippen molar-refractivity contribution in [2.45, 2.75) is 32.4 Å². The molecule has 2 heterocycles. The minimum absolute atomic E-state index is 0.0903. The molecule has 1 aliphatic heterocycles. The largest absolute Gasteiger partial charge is 0.494 e. The normalized spacial score (nSPS) is 18.8. The average Bonchev–Trinajstić information content (AvgIpc) is 3.02. The summed E-state index contributed by atoms with van der Waals surface area (Å²) in [6, 6.07) is 17.0. The van der Waals surface area contributed by atoms with Gasteiger partial charge in [-0.3, -0.25) is 0 Å². The van der Waals surface area contributed by atoms with Gasteiger partial charge in [0.2, 0.25) is 11.9 Å². The number of aromatic nitrogens is 3. The van der Waals surface area contributed by atoms with Crippen molar-refractivity contribution in [3.05, 3.63) is 65.2 Å². The number of aryl methyl sites for hydroxylation is 1. The van der Waals surface area contributed by atoms with Crippen molar-refractivity contribution in [1.82, 2.24) is 14.8 Å². The van der Waals surface area contributed by atoms with Gasteiger partial charge in [0.15, 0.2) is 0 Å². The number of nitrogen functional groups attached to an aromatic ring is 1. The van der Waals surface area contributed by atoms with Gasteiger partial charge < -0.3 is 15.8 Å². The van der Waals surface area contributed by atoms with Crippen molar-refractivity contribution >= 4 is 11.9 Å². The highest BCUT2D eigenvalue weighted by atomic mass is 16.5. The molecule has 26 heavy (non-hydrogen) atoms. The standard InChI is InChI=1S/C20H23N5O/c1-3-26-16-9-7-14(8-10-16)17-12-18(15-6-4-5-13(2)11-15)25-20(22-17)23-19(21)24-25/h4-11,17-18H,3,12H2,1-2H3,(H3,21,22,23,24)/t17-,18+/m0/s1. The van der Waals surface area contributed by atoms with Crippen molar-refractivity contribution in [3.8, 4) is 5.75 Å². The molecule has 1 aliphatic rings. The Hall–Kier alpha value is -3.02. The second kappa shape index (κ2) is 6.71. The van der Waals surface area contributed by atoms with Crippen LogP contribution in [0, 0.1) is 6.92 Å². The number of ether oxygens (including phenoxy) is 1. The molecule has 134 valence electrons. The number of anilines is 2. The fourth-order valence-electron chi connectivity index (χ4n) is 3.53. The summed E-state index contributed by atoms with van der Waals surface area (Å²) in [5.74, 6) is 1.88. The molecule has 0 unspecified atom stereocenters. The fraction of sp³-hybridized carbons (Fsp3) is 0.300. The van der Waals surface area contributed by atoms with Crippen molar-refractivity contribution in [2.24, 2.45) is 0 Å². The first kappa shape index (κ1) is 16.4. The summed E-state index contributed by atoms with van der Waals surface area (Å²) >= 11 is 0. The van der Waals surface area contributed by atoms with Crippen LogP contribution in [0.2, 0.25) is 0 Å². The van der Waals surface area contributed by atoms with Gasteiger partial charge in [-0.2, -0.15) is 4.98 Å². The van der Waals surface area contributed by atoms with Crippen molar-refractivity contribution < 1.29 is 4.74 Å². The molecule has 0 bridgehead atoms. The second-order valence-corrected chi connectivity index (χ2v) is 6.60. The van der Waals surface area contributed by atoms with Crippen LogP contribution in [0.1, 0.15) is 42.1 Å². The molecule has 0 spiro atoms. The molecule has 1 aromatic heterocycles. The molecule has 6 nitrogen and oxygen atoms in total. The van der Waals surface area contributed by atoms with E-state index in [0.29, 0.717) is 12.6 Å². The first-order chi connectivity index (χ1) is 12.6. The number of hydrogen-bond acceptors (Lipinski definition) is 5. The highest BCUT2D eigenvalue weighted by molar-refractivity contribution is 5.43. The van der Waals surface area contributed by atoms with Gasteiger partial charge in [0, 0.05) is 0 Å². The Morgan fingerprint density at radius 2 is 2.00 bits per heavy atom. The summed E-state index contributed by atoms with van der Waals surface area (Å²) in [6.45, 7) is 4.75. The number of rotatable bonds is 4. The molecule has 0 fully saturated rings. The lowest BCUT2D eigenvalue weighted by Gasteiger charge is -2.32. The van der Waals surface area contributed by atoms with Crippen LogP contribution in [-0.2, 0) is 0 Å². The van der Waals surface area contributed by atoms with E-state index in [0.717, 1.165) is 12.2 Å². The molecule has 0 radical (unpaired) electrons. The van der Waals surface area contributed by atoms with Gasteiger partial charge >= 0.3 is 0 Å². The van der Waals surface area contributed by atoms with Gasteiger partial charge in [0.25, 0.3) is 0 Å². The van der Waals surface area contributed by atoms with Gasteiger partial charge in [-0.15, -0.1) is 5.10 Å². The van der Waals surface area contributed by atoms with Gasteiger partial charge in [0.05, 0.1) is 18.7 Å². The van der Waals surface area contributed by atoms with Crippen LogP contribution in [0.5, 0.6) is 5.75 Å². The highest BCUT2D eigenvalue weighted by Gasteiger charge is 2.30. The Morgan fingerprint density at radius 3 is 2.73 bits per heavy atom. The zero-order valence-corrected chi connectivity index (χ0v) is 15.0. The van der Waals surface area contributed by atoms with E-state index in [2.05, 4.69) is 58.7 Å². The number of benzene rings is 2. The molecule has 3 aromatic rings. The van der Waals surface area contributed by atoms with Crippen LogP contribution in [0.25, 0.3) is 0 Å². The molecular formula is C20H23N5O. The lowest BCUT2D eigenvalue weighted by molar-refractivity contribution is 0.340. The third kappa shape index (κ3) is 3.10. The third-order valence-corrected chi connectivity index (χ3v) is 4.73. The van der Waals surface area contributed by atoms with E-state index in [4.69, 9.17) is 10.5 Å². The zero-order chi connectivity index (χ0) is 18.1. The van der Waals surface area contributed by atoms with Gasteiger partial charge in [0.1, 0.15) is 5.75 Å². The van der Waals surface area contributed by atoms with Gasteiger partial charge in [-0.1, -0.05) is 42.0 Å². The maximum absolute atomic E-state index is 5.87. The average molecular weight is 349 g/mol. The quantitative estimate of drug-likeness (QED) is 0.751. The Labute approximate surface area is 153 Å². The lowest BCUT2D eigenvalue weighted by Crippen LogP contribution is -2.28. The molecule has 4 rings (SSSR count). The SMILES string of the molecule is CCOc1ccc([C@@H]2C[C@H](c3cccc(C)c3)n3nc(N)nc3N2)cc1. The summed E-state index contributed by atoms with van der Waals surface area (Å²) in [5, 5.41) is 7.87. The van der Waals surface area contributed by atoms with Crippen LogP contribution < -0.4 is 15.8 Å². The molecule has 0 amide bonds. The van der Waals surface area contributed by atoms with Crippen molar-refractivity contribution in [2.75, 3.05) is 17.7 Å². The summed E-state index contributed by atoms with van der Waals surface area (Å²) in [7, 11) is 0. The van der Waals surface area contributed by atoms with E-state index >= 15 is 0 Å². The lowest BCUT2D eigenvalue weighted by atomic mass is 9.92. The highest BCUT2D eigenvalue weighted by Crippen LogP contribution is 2.38. The van der Waals surface area contributed by atoms with Crippen LogP contribution in [-0.4, -0.2) is 21.4 Å². The van der Waals surface area contributed by atoms with Crippen LogP contribution in [0.3, 0.4) is 0 Å². The molecule has 2 atom stereocenters. The molecule has 6 heteroatoms. The number of nitrogens with zero attached hydrogens (tertiary/aromatic N) is 3. The number of fused-ring (bicyclic) bond motifs is 1. The minimum Gasteiger partial charge on any atom is -0.494 e. The van der Waals surface area contributed by atoms with E-state index in [1.807, 2.05) is 23.7 Å². The number of hydrogen-bond donors (Lipinski definition) is 2. The van der Waals surface area contributed by atoms with E-state index in [9.17, 15) is 0 Å². The molecule has 2 aromatic carbocycles. The Morgan fingerprint density at radius 1 is 1.19 bits per heavy atom. The fourth-order valence-corrected chi connectivity index (χ4v) is 3.53. The zero-order valence-electron chi connectivity index (χ0n) is 15.0. The topological polar surface area (TPSA) is 78.0 Å². The minimum atomic E-state index is 0.0903. The Kier molecular flexibility index (Phi) is 4.24. The smallest absolute Gasteiger partial charge is 0.241 e. The van der Waals surface area contributed by atoms with E-state index in [-0.39, 0.29) is 18.0 Å². The summed E-state index contributed by atoms with van der Waals surface area (Å²) in [4.78, 5) is 4.37. The van der Waals surface area contributed by atoms with E-state index in [1.165, 1.54) is 16.7 Å². The van der Waals surface area contributed by atoms with Gasteiger partial charge in [-0.25, -0.2) is 4.68 Å². The third-order valence-electron chi connectivity index (χ3n) is 4.73. The Bertz CT molecular complexity index is 903. The maximum Gasteiger partial charge on any atom is 0.241 e. The van der Waals surface area contributed by atoms with Gasteiger partial charge in [-0.05, 0) is 43.5 Å². The Balaban J connectivity index is 1.69. The molecule has 0 aliphatic carbocycles. The van der Waals surface area contributed by atoms with Crippen molar-refractivity contribution in [1.29, 1.82) is 0 Å². The van der Waals surface area contributed by atoms with Crippen LogP contribution in [0.15, 0.2) is 48.5 Å². The molecule has 0 saturated carbocycles. The maximum atomic E-state index is 5.87. The monoisotopic (exact) mass is 349 g/mol. The molecule has 3 N–H and O–H groups in total. The van der Waals surface area contributed by atoms with E-state index < -0.39 is 0 Å². The summed E-state index contributed by atoms with van der Waals surface area (Å²) < 4.78 is 7.45. The van der Waals surface area contributed by atoms with Crippen molar-refractivity contribution in [3.63, 3.8) is 0 Å². The van der Waals surface area contributed by atoms with E-state index in [1.54, 1.807) is 0 Å². The molecule has 0 saturated heterocycles. The number of nitrogens with one attached hydrogen (secondary N) is 1. The predicted octanol–water partition coefficient (Wildman–Crippen LogP) is 3.71. The summed E-state index contributed by atoms with van der Waals surface area (Å²) in [5.41, 5.74) is 9.51. The first-order valence-electron chi connectivity index (χ1n) is 8.92. The predicted molar refractivity (Wildman–Crippen MR) is 102 cm³/mol. The van der Waals surface area contributed by atoms with Crippen LogP contribution in [0.4, 0.5) is 11.9 Å². The first-order valence-corrected chi connectivity index (χ1v) is 8.92. The second-order valence-electron chi connectivity index (χ2n) is 6.60. The van der Waals surface area contributed by atoms with Crippen LogP contribution >= 0.6 is 0 Å². The summed E-state index contributed by atoms with van der Waals surface area (Å²) in [6.07, 6.45) is 0.868. The molecular weight excluding hydrogens is 326 g/mol.